The van der Waals surface area contributed by atoms with Crippen molar-refractivity contribution in [2.24, 2.45) is 0 Å². The van der Waals surface area contributed by atoms with Gasteiger partial charge in [0, 0.05) is 12.2 Å². The van der Waals surface area contributed by atoms with Crippen molar-refractivity contribution in [3.05, 3.63) is 29.3 Å². The Kier molecular flexibility index (Phi) is 4.23. The topological polar surface area (TPSA) is 24.1 Å². The van der Waals surface area contributed by atoms with Gasteiger partial charge in [0.15, 0.2) is 0 Å². The third-order valence-electron chi connectivity index (χ3n) is 3.28. The molecular formula is C14H22N2. The van der Waals surface area contributed by atoms with E-state index in [9.17, 15) is 0 Å². The highest BCUT2D eigenvalue weighted by Gasteiger charge is 2.08. The zero-order valence-corrected chi connectivity index (χ0v) is 10.2. The van der Waals surface area contributed by atoms with Crippen molar-refractivity contribution >= 4 is 5.69 Å². The van der Waals surface area contributed by atoms with Crippen molar-refractivity contribution in [2.75, 3.05) is 25.5 Å². The summed E-state index contributed by atoms with van der Waals surface area (Å²) in [5.41, 5.74) is 4.41. The van der Waals surface area contributed by atoms with Crippen LogP contribution in [0.4, 0.5) is 5.69 Å². The van der Waals surface area contributed by atoms with E-state index in [4.69, 9.17) is 0 Å². The molecule has 0 radical (unpaired) electrons. The van der Waals surface area contributed by atoms with E-state index >= 15 is 0 Å². The van der Waals surface area contributed by atoms with Crippen LogP contribution in [0, 0.1) is 0 Å². The summed E-state index contributed by atoms with van der Waals surface area (Å²) < 4.78 is 0. The molecule has 1 aliphatic carbocycles. The number of fused-ring (bicyclic) bond motifs is 1. The fourth-order valence-electron chi connectivity index (χ4n) is 2.34. The van der Waals surface area contributed by atoms with Gasteiger partial charge >= 0.3 is 0 Å². The Morgan fingerprint density at radius 3 is 2.69 bits per heavy atom. The fraction of sp³-hybridized carbons (Fsp3) is 0.571. The van der Waals surface area contributed by atoms with Crippen LogP contribution in [-0.4, -0.2) is 20.1 Å². The lowest BCUT2D eigenvalue weighted by Crippen LogP contribution is -2.13. The first kappa shape index (κ1) is 11.5. The summed E-state index contributed by atoms with van der Waals surface area (Å²) in [4.78, 5) is 0. The lowest BCUT2D eigenvalue weighted by atomic mass is 9.91. The maximum absolute atomic E-state index is 3.49. The van der Waals surface area contributed by atoms with E-state index < -0.39 is 0 Å². The van der Waals surface area contributed by atoms with Crippen molar-refractivity contribution in [1.29, 1.82) is 0 Å². The zero-order chi connectivity index (χ0) is 11.2. The SMILES string of the molecule is CNCCCNc1ccc2c(c1)CCCC2. The number of hydrogen-bond acceptors (Lipinski definition) is 2. The minimum atomic E-state index is 1.06. The molecule has 1 aliphatic rings. The third-order valence-corrected chi connectivity index (χ3v) is 3.28. The smallest absolute Gasteiger partial charge is 0.0343 e. The van der Waals surface area contributed by atoms with Gasteiger partial charge in [-0.25, -0.2) is 0 Å². The molecule has 2 N–H and O–H groups in total. The van der Waals surface area contributed by atoms with Gasteiger partial charge in [-0.15, -0.1) is 0 Å². The minimum absolute atomic E-state index is 1.06. The van der Waals surface area contributed by atoms with Crippen LogP contribution < -0.4 is 10.6 Å². The zero-order valence-electron chi connectivity index (χ0n) is 10.2. The predicted molar refractivity (Wildman–Crippen MR) is 70.1 cm³/mol. The van der Waals surface area contributed by atoms with Crippen LogP contribution >= 0.6 is 0 Å². The molecule has 0 bridgehead atoms. The summed E-state index contributed by atoms with van der Waals surface area (Å²) in [5, 5.41) is 6.65. The number of rotatable bonds is 5. The summed E-state index contributed by atoms with van der Waals surface area (Å²) in [6.07, 6.45) is 6.43. The van der Waals surface area contributed by atoms with Crippen LogP contribution in [0.25, 0.3) is 0 Å². The van der Waals surface area contributed by atoms with Gasteiger partial charge in [0.2, 0.25) is 0 Å². The quantitative estimate of drug-likeness (QED) is 0.742. The molecule has 0 saturated heterocycles. The second kappa shape index (κ2) is 5.90. The van der Waals surface area contributed by atoms with E-state index in [1.807, 2.05) is 7.05 Å². The Morgan fingerprint density at radius 1 is 1.06 bits per heavy atom. The predicted octanol–water partition coefficient (Wildman–Crippen LogP) is 2.59. The van der Waals surface area contributed by atoms with Crippen LogP contribution in [0.15, 0.2) is 18.2 Å². The Labute approximate surface area is 98.4 Å². The summed E-state index contributed by atoms with van der Waals surface area (Å²) in [5.74, 6) is 0. The lowest BCUT2D eigenvalue weighted by Gasteiger charge is -2.17. The normalized spacial score (nSPS) is 14.6. The van der Waals surface area contributed by atoms with Crippen LogP contribution in [-0.2, 0) is 12.8 Å². The first-order chi connectivity index (χ1) is 7.90. The largest absolute Gasteiger partial charge is 0.385 e. The van der Waals surface area contributed by atoms with Gasteiger partial charge in [-0.2, -0.15) is 0 Å². The number of aryl methyl sites for hydroxylation is 2. The highest BCUT2D eigenvalue weighted by atomic mass is 14.9. The molecule has 0 atom stereocenters. The second-order valence-electron chi connectivity index (χ2n) is 4.57. The number of benzene rings is 1. The van der Waals surface area contributed by atoms with Crippen molar-refractivity contribution in [3.63, 3.8) is 0 Å². The van der Waals surface area contributed by atoms with E-state index in [1.54, 1.807) is 11.1 Å². The summed E-state index contributed by atoms with van der Waals surface area (Å²) in [6, 6.07) is 6.87. The van der Waals surface area contributed by atoms with Crippen molar-refractivity contribution in [3.8, 4) is 0 Å². The van der Waals surface area contributed by atoms with Crippen LogP contribution in [0.2, 0.25) is 0 Å². The average Bonchev–Trinajstić information content (AvgIpc) is 2.34. The second-order valence-corrected chi connectivity index (χ2v) is 4.57. The van der Waals surface area contributed by atoms with Gasteiger partial charge in [-0.05, 0) is 69.0 Å². The summed E-state index contributed by atoms with van der Waals surface area (Å²) in [7, 11) is 2.00. The first-order valence-electron chi connectivity index (χ1n) is 6.40. The molecule has 1 aromatic rings. The van der Waals surface area contributed by atoms with Gasteiger partial charge in [-0.1, -0.05) is 6.07 Å². The third kappa shape index (κ3) is 2.99. The number of anilines is 1. The number of hydrogen-bond donors (Lipinski definition) is 2. The molecule has 2 nitrogen and oxygen atoms in total. The molecule has 2 rings (SSSR count). The molecule has 0 heterocycles. The molecule has 88 valence electrons. The molecule has 0 aromatic heterocycles. The van der Waals surface area contributed by atoms with E-state index in [1.165, 1.54) is 37.8 Å². The molecule has 0 spiro atoms. The Bertz CT molecular complexity index is 334. The van der Waals surface area contributed by atoms with Gasteiger partial charge in [-0.3, -0.25) is 0 Å². The van der Waals surface area contributed by atoms with Crippen molar-refractivity contribution < 1.29 is 0 Å². The van der Waals surface area contributed by atoms with Gasteiger partial charge in [0.05, 0.1) is 0 Å². The van der Waals surface area contributed by atoms with E-state index in [0.29, 0.717) is 0 Å². The van der Waals surface area contributed by atoms with Gasteiger partial charge in [0.25, 0.3) is 0 Å². The summed E-state index contributed by atoms with van der Waals surface area (Å²) >= 11 is 0. The Hall–Kier alpha value is -1.02. The van der Waals surface area contributed by atoms with Crippen LogP contribution in [0.5, 0.6) is 0 Å². The van der Waals surface area contributed by atoms with Gasteiger partial charge < -0.3 is 10.6 Å². The Balaban J connectivity index is 1.90. The standard InChI is InChI=1S/C14H22N2/c1-15-9-4-10-16-14-8-7-12-5-2-3-6-13(12)11-14/h7-8,11,15-16H,2-6,9-10H2,1H3. The average molecular weight is 218 g/mol. The molecule has 0 unspecified atom stereocenters. The van der Waals surface area contributed by atoms with Crippen molar-refractivity contribution in [2.45, 2.75) is 32.1 Å². The molecule has 2 heteroatoms. The minimum Gasteiger partial charge on any atom is -0.385 e. The molecular weight excluding hydrogens is 196 g/mol. The van der Waals surface area contributed by atoms with Crippen LogP contribution in [0.1, 0.15) is 30.4 Å². The molecule has 1 aromatic carbocycles. The molecule has 0 amide bonds. The van der Waals surface area contributed by atoms with E-state index in [-0.39, 0.29) is 0 Å². The number of nitrogens with one attached hydrogen (secondary N) is 2. The Morgan fingerprint density at radius 2 is 1.88 bits per heavy atom. The molecule has 0 aliphatic heterocycles. The molecule has 16 heavy (non-hydrogen) atoms. The molecule has 0 saturated carbocycles. The summed E-state index contributed by atoms with van der Waals surface area (Å²) in [6.45, 7) is 2.14. The maximum Gasteiger partial charge on any atom is 0.0343 e. The van der Waals surface area contributed by atoms with Gasteiger partial charge in [0.1, 0.15) is 0 Å². The van der Waals surface area contributed by atoms with E-state index in [0.717, 1.165) is 13.1 Å². The highest BCUT2D eigenvalue weighted by molar-refractivity contribution is 5.49. The van der Waals surface area contributed by atoms with Crippen molar-refractivity contribution in [1.82, 2.24) is 5.32 Å². The lowest BCUT2D eigenvalue weighted by molar-refractivity contribution is 0.685. The maximum atomic E-state index is 3.49. The molecule has 0 fully saturated rings. The highest BCUT2D eigenvalue weighted by Crippen LogP contribution is 2.24. The fourth-order valence-corrected chi connectivity index (χ4v) is 2.34. The van der Waals surface area contributed by atoms with E-state index in [2.05, 4.69) is 28.8 Å². The van der Waals surface area contributed by atoms with Crippen LogP contribution in [0.3, 0.4) is 0 Å². The monoisotopic (exact) mass is 218 g/mol. The first-order valence-corrected chi connectivity index (χ1v) is 6.40.